The van der Waals surface area contributed by atoms with Gasteiger partial charge in [0, 0.05) is 56.5 Å². The number of nitrogens with zero attached hydrogens (tertiary/aromatic N) is 3. The van der Waals surface area contributed by atoms with Gasteiger partial charge < -0.3 is 15.2 Å². The number of likely N-dealkylation sites (tertiary alicyclic amines) is 1. The molecule has 8 nitrogen and oxygen atoms in total. The van der Waals surface area contributed by atoms with Crippen LogP contribution in [0.2, 0.25) is 0 Å². The molecule has 3 saturated heterocycles. The number of rotatable bonds is 7. The van der Waals surface area contributed by atoms with Gasteiger partial charge in [0.25, 0.3) is 12.4 Å². The molecule has 0 radical (unpaired) electrons. The Morgan fingerprint density at radius 2 is 2.36 bits per heavy atom. The number of hydrogen-bond donors (Lipinski definition) is 2. The summed E-state index contributed by atoms with van der Waals surface area (Å²) in [5.74, 6) is 2.10. The second-order valence-electron chi connectivity index (χ2n) is 7.63. The van der Waals surface area contributed by atoms with Gasteiger partial charge in [0.1, 0.15) is 5.69 Å². The SMILES string of the molecule is CCn1ccc(C(=O)NC[C@H]2[C@H]3CN(CCSC)C[C@]34CC[C@H]2O4)n1.O=CO. The summed E-state index contributed by atoms with van der Waals surface area (Å²) in [4.78, 5) is 23.3. The molecule has 3 aliphatic heterocycles. The van der Waals surface area contributed by atoms with Gasteiger partial charge in [-0.3, -0.25) is 19.2 Å². The summed E-state index contributed by atoms with van der Waals surface area (Å²) in [7, 11) is 0. The molecule has 0 aromatic carbocycles. The van der Waals surface area contributed by atoms with Gasteiger partial charge >= 0.3 is 0 Å². The second-order valence-corrected chi connectivity index (χ2v) is 8.62. The number of aryl methyl sites for hydroxylation is 1. The number of carbonyl (C=O) groups excluding carboxylic acids is 1. The molecule has 1 spiro atoms. The van der Waals surface area contributed by atoms with Crippen LogP contribution in [0.15, 0.2) is 12.3 Å². The van der Waals surface area contributed by atoms with E-state index in [4.69, 9.17) is 14.6 Å². The molecule has 28 heavy (non-hydrogen) atoms. The van der Waals surface area contributed by atoms with Gasteiger partial charge in [-0.15, -0.1) is 0 Å². The van der Waals surface area contributed by atoms with Crippen LogP contribution in [0.4, 0.5) is 0 Å². The molecule has 0 aliphatic carbocycles. The fourth-order valence-corrected chi connectivity index (χ4v) is 5.35. The molecule has 3 aliphatic rings. The summed E-state index contributed by atoms with van der Waals surface area (Å²) in [6.45, 7) is 6.57. The molecule has 2 bridgehead atoms. The number of thioether (sulfide) groups is 1. The third kappa shape index (κ3) is 4.21. The van der Waals surface area contributed by atoms with E-state index in [-0.39, 0.29) is 18.0 Å². The molecule has 9 heteroatoms. The van der Waals surface area contributed by atoms with Crippen LogP contribution in [-0.4, -0.2) is 82.1 Å². The maximum absolute atomic E-state index is 12.4. The number of fused-ring (bicyclic) bond motifs is 1. The Hall–Kier alpha value is -1.58. The minimum atomic E-state index is -0.250. The molecule has 2 N–H and O–H groups in total. The van der Waals surface area contributed by atoms with E-state index in [0.717, 1.165) is 32.6 Å². The van der Waals surface area contributed by atoms with Crippen molar-refractivity contribution < 1.29 is 19.4 Å². The van der Waals surface area contributed by atoms with E-state index in [1.54, 1.807) is 10.7 Å². The Labute approximate surface area is 170 Å². The van der Waals surface area contributed by atoms with Crippen molar-refractivity contribution in [2.24, 2.45) is 11.8 Å². The van der Waals surface area contributed by atoms with Gasteiger partial charge in [0.15, 0.2) is 0 Å². The van der Waals surface area contributed by atoms with E-state index in [9.17, 15) is 4.79 Å². The lowest BCUT2D eigenvalue weighted by Gasteiger charge is -2.29. The summed E-state index contributed by atoms with van der Waals surface area (Å²) in [6, 6.07) is 1.79. The Morgan fingerprint density at radius 3 is 3.04 bits per heavy atom. The highest BCUT2D eigenvalue weighted by molar-refractivity contribution is 7.98. The Morgan fingerprint density at radius 1 is 1.57 bits per heavy atom. The number of carboxylic acid groups (broad SMARTS) is 1. The van der Waals surface area contributed by atoms with Crippen LogP contribution in [0.25, 0.3) is 0 Å². The van der Waals surface area contributed by atoms with Gasteiger partial charge in [-0.05, 0) is 32.1 Å². The fraction of sp³-hybridized carbons (Fsp3) is 0.737. The van der Waals surface area contributed by atoms with Gasteiger partial charge in [-0.25, -0.2) is 0 Å². The maximum atomic E-state index is 12.4. The van der Waals surface area contributed by atoms with Crippen LogP contribution in [-0.2, 0) is 16.1 Å². The summed E-state index contributed by atoms with van der Waals surface area (Å²) in [5.41, 5.74) is 0.566. The van der Waals surface area contributed by atoms with Crippen LogP contribution in [0, 0.1) is 11.8 Å². The molecule has 0 saturated carbocycles. The van der Waals surface area contributed by atoms with E-state index in [1.807, 2.05) is 24.9 Å². The molecule has 4 heterocycles. The summed E-state index contributed by atoms with van der Waals surface area (Å²) >= 11 is 1.90. The van der Waals surface area contributed by atoms with Crippen molar-refractivity contribution >= 4 is 24.1 Å². The lowest BCUT2D eigenvalue weighted by molar-refractivity contribution is -0.122. The summed E-state index contributed by atoms with van der Waals surface area (Å²) in [6.07, 6.45) is 6.66. The number of aromatic nitrogens is 2. The molecule has 4 atom stereocenters. The number of hydrogen-bond acceptors (Lipinski definition) is 6. The quantitative estimate of drug-likeness (QED) is 0.652. The molecular formula is C19H30N4O4S. The van der Waals surface area contributed by atoms with Crippen LogP contribution in [0.1, 0.15) is 30.3 Å². The second kappa shape index (κ2) is 9.28. The number of nitrogens with one attached hydrogen (secondary N) is 1. The van der Waals surface area contributed by atoms with E-state index >= 15 is 0 Å². The van der Waals surface area contributed by atoms with E-state index in [0.29, 0.717) is 30.2 Å². The van der Waals surface area contributed by atoms with Crippen LogP contribution < -0.4 is 5.32 Å². The topological polar surface area (TPSA) is 96.7 Å². The first-order valence-electron chi connectivity index (χ1n) is 9.85. The molecule has 1 aromatic heterocycles. The maximum Gasteiger partial charge on any atom is 0.290 e. The van der Waals surface area contributed by atoms with Crippen molar-refractivity contribution in [2.75, 3.05) is 38.2 Å². The number of ether oxygens (including phenoxy) is 1. The van der Waals surface area contributed by atoms with Crippen molar-refractivity contribution in [3.8, 4) is 0 Å². The van der Waals surface area contributed by atoms with Gasteiger partial charge in [-0.1, -0.05) is 0 Å². The molecule has 4 rings (SSSR count). The van der Waals surface area contributed by atoms with Crippen LogP contribution in [0.5, 0.6) is 0 Å². The first kappa shape index (κ1) is 21.1. The zero-order valence-corrected chi connectivity index (χ0v) is 17.4. The van der Waals surface area contributed by atoms with Crippen molar-refractivity contribution in [1.82, 2.24) is 20.0 Å². The highest BCUT2D eigenvalue weighted by atomic mass is 32.2. The fourth-order valence-electron chi connectivity index (χ4n) is 4.91. The standard InChI is InChI=1S/C18H28N4O2S.CH2O2/c1-3-22-7-5-15(20-22)17(23)19-10-13-14-11-21(8-9-25-2)12-18(14)6-4-16(13)24-18;2-1-3/h5,7,13-14,16H,3-4,6,8-12H2,1-2H3,(H,19,23);1H,(H,2,3)/t13-,14+,16+,18+;/m0./s1. The number of amides is 1. The average Bonchev–Trinajstić information content (AvgIpc) is 3.44. The summed E-state index contributed by atoms with van der Waals surface area (Å²) in [5, 5.41) is 14.3. The lowest BCUT2D eigenvalue weighted by Crippen LogP contribution is -2.42. The van der Waals surface area contributed by atoms with Crippen molar-refractivity contribution in [3.63, 3.8) is 0 Å². The highest BCUT2D eigenvalue weighted by Crippen LogP contribution is 2.54. The average molecular weight is 411 g/mol. The van der Waals surface area contributed by atoms with Crippen LogP contribution >= 0.6 is 11.8 Å². The normalized spacial score (nSPS) is 30.6. The minimum absolute atomic E-state index is 0.0578. The first-order chi connectivity index (χ1) is 13.6. The number of carbonyl (C=O) groups is 2. The predicted octanol–water partition coefficient (Wildman–Crippen LogP) is 1.18. The highest BCUT2D eigenvalue weighted by Gasteiger charge is 2.62. The summed E-state index contributed by atoms with van der Waals surface area (Å²) < 4.78 is 8.23. The smallest absolute Gasteiger partial charge is 0.290 e. The predicted molar refractivity (Wildman–Crippen MR) is 108 cm³/mol. The van der Waals surface area contributed by atoms with Gasteiger partial charge in [0.05, 0.1) is 11.7 Å². The van der Waals surface area contributed by atoms with Gasteiger partial charge in [-0.2, -0.15) is 16.9 Å². The first-order valence-corrected chi connectivity index (χ1v) is 11.2. The van der Waals surface area contributed by atoms with E-state index in [2.05, 4.69) is 21.6 Å². The Kier molecular flexibility index (Phi) is 7.00. The van der Waals surface area contributed by atoms with Crippen LogP contribution in [0.3, 0.4) is 0 Å². The van der Waals surface area contributed by atoms with Gasteiger partial charge in [0.2, 0.25) is 0 Å². The zero-order valence-electron chi connectivity index (χ0n) is 16.5. The monoisotopic (exact) mass is 410 g/mol. The van der Waals surface area contributed by atoms with Crippen molar-refractivity contribution in [1.29, 1.82) is 0 Å². The third-order valence-corrected chi connectivity index (χ3v) is 6.75. The van der Waals surface area contributed by atoms with E-state index < -0.39 is 0 Å². The largest absolute Gasteiger partial charge is 0.483 e. The molecule has 1 aromatic rings. The van der Waals surface area contributed by atoms with Crippen molar-refractivity contribution in [3.05, 3.63) is 18.0 Å². The molecule has 0 unspecified atom stereocenters. The molecule has 3 fully saturated rings. The van der Waals surface area contributed by atoms with Crippen molar-refractivity contribution in [2.45, 2.75) is 38.0 Å². The molecule has 156 valence electrons. The minimum Gasteiger partial charge on any atom is -0.483 e. The zero-order chi connectivity index (χ0) is 20.1. The Bertz CT molecular complexity index is 685. The molecule has 1 amide bonds. The lowest BCUT2D eigenvalue weighted by atomic mass is 9.73. The molecular weight excluding hydrogens is 380 g/mol. The Balaban J connectivity index is 0.000000706. The van der Waals surface area contributed by atoms with E-state index in [1.165, 1.54) is 12.2 Å². The third-order valence-electron chi connectivity index (χ3n) is 6.16.